The van der Waals surface area contributed by atoms with Gasteiger partial charge in [0.1, 0.15) is 6.54 Å². The van der Waals surface area contributed by atoms with E-state index in [1.807, 2.05) is 13.1 Å². The number of likely N-dealkylation sites (N-methyl/N-ethyl adjacent to an activating group) is 1. The van der Waals surface area contributed by atoms with Crippen LogP contribution in [-0.2, 0) is 11.3 Å². The number of hydrogen-bond acceptors (Lipinski definition) is 2. The van der Waals surface area contributed by atoms with Gasteiger partial charge in [0.15, 0.2) is 6.54 Å². The number of benzene rings is 1. The number of quaternary nitrogens is 1. The largest absolute Gasteiger partial charge is 0.325 e. The summed E-state index contributed by atoms with van der Waals surface area (Å²) >= 11 is 17.2. The van der Waals surface area contributed by atoms with Gasteiger partial charge in [-0.3, -0.25) is 4.79 Å². The van der Waals surface area contributed by atoms with E-state index >= 15 is 0 Å². The minimum absolute atomic E-state index is 0.113. The second-order valence-corrected chi connectivity index (χ2v) is 8.02. The number of carbonyl (C=O) groups excluding carboxylic acids is 1. The molecule has 0 bridgehead atoms. The summed E-state index contributed by atoms with van der Waals surface area (Å²) in [7, 11) is 1.97. The molecular weight excluding hydrogens is 395 g/mol. The number of para-hydroxylation sites is 1. The van der Waals surface area contributed by atoms with Crippen molar-refractivity contribution in [3.05, 3.63) is 49.0 Å². The molecule has 2 aromatic rings. The molecule has 0 saturated carbocycles. The van der Waals surface area contributed by atoms with Crippen molar-refractivity contribution >= 4 is 62.1 Å². The van der Waals surface area contributed by atoms with Gasteiger partial charge in [0.25, 0.3) is 5.91 Å². The summed E-state index contributed by atoms with van der Waals surface area (Å²) in [6.45, 7) is 1.14. The van der Waals surface area contributed by atoms with Crippen molar-refractivity contribution in [1.29, 1.82) is 0 Å². The normalized spacial score (nSPS) is 12.2. The fraction of sp³-hybridized carbons (Fsp3) is 0.214. The van der Waals surface area contributed by atoms with Crippen LogP contribution in [0, 0.1) is 0 Å². The molecule has 2 N–H and O–H groups in total. The standard InChI is InChI=1S/C14H13BrCl2N2OS/c1-19(7-9-5-6-12(15)21-9)8-13(20)18-14-10(16)3-2-4-11(14)17/h2-6H,7-8H2,1H3,(H,18,20)/p+1. The fourth-order valence-corrected chi connectivity index (χ4v) is 3.97. The Kier molecular flexibility index (Phi) is 6.08. The van der Waals surface area contributed by atoms with Crippen LogP contribution in [0.2, 0.25) is 10.0 Å². The Morgan fingerprint density at radius 2 is 1.95 bits per heavy atom. The Balaban J connectivity index is 1.92. The first-order valence-electron chi connectivity index (χ1n) is 6.25. The third kappa shape index (κ3) is 4.97. The summed E-state index contributed by atoms with van der Waals surface area (Å²) in [4.78, 5) is 14.4. The van der Waals surface area contributed by atoms with Gasteiger partial charge >= 0.3 is 0 Å². The van der Waals surface area contributed by atoms with Crippen molar-refractivity contribution in [2.24, 2.45) is 0 Å². The zero-order valence-electron chi connectivity index (χ0n) is 11.3. The van der Waals surface area contributed by atoms with E-state index < -0.39 is 0 Å². The SMILES string of the molecule is C[NH+](CC(=O)Nc1c(Cl)cccc1Cl)Cc1ccc(Br)s1. The van der Waals surface area contributed by atoms with E-state index in [0.717, 1.165) is 15.2 Å². The molecule has 112 valence electrons. The summed E-state index contributed by atoms with van der Waals surface area (Å²) in [5.74, 6) is -0.113. The predicted molar refractivity (Wildman–Crippen MR) is 92.6 cm³/mol. The molecule has 1 aromatic heterocycles. The van der Waals surface area contributed by atoms with E-state index in [1.165, 1.54) is 4.88 Å². The van der Waals surface area contributed by atoms with Crippen molar-refractivity contribution in [3.63, 3.8) is 0 Å². The van der Waals surface area contributed by atoms with Crippen LogP contribution in [0.1, 0.15) is 4.88 Å². The highest BCUT2D eigenvalue weighted by atomic mass is 79.9. The second-order valence-electron chi connectivity index (χ2n) is 4.66. The quantitative estimate of drug-likeness (QED) is 0.780. The Bertz CT molecular complexity index is 627. The molecule has 3 nitrogen and oxygen atoms in total. The summed E-state index contributed by atoms with van der Waals surface area (Å²) in [6.07, 6.45) is 0. The van der Waals surface area contributed by atoms with E-state index in [9.17, 15) is 4.79 Å². The highest BCUT2D eigenvalue weighted by Gasteiger charge is 2.14. The number of anilines is 1. The van der Waals surface area contributed by atoms with Crippen molar-refractivity contribution < 1.29 is 9.69 Å². The first-order chi connectivity index (χ1) is 9.95. The highest BCUT2D eigenvalue weighted by molar-refractivity contribution is 9.11. The maximum absolute atomic E-state index is 12.1. The van der Waals surface area contributed by atoms with Crippen LogP contribution in [0.15, 0.2) is 34.1 Å². The molecule has 1 aromatic carbocycles. The zero-order valence-corrected chi connectivity index (χ0v) is 15.2. The van der Waals surface area contributed by atoms with E-state index in [4.69, 9.17) is 23.2 Å². The molecule has 0 spiro atoms. The third-order valence-corrected chi connectivity index (χ3v) is 5.05. The van der Waals surface area contributed by atoms with Crippen molar-refractivity contribution in [3.8, 4) is 0 Å². The summed E-state index contributed by atoms with van der Waals surface area (Å²) in [5, 5.41) is 3.65. The van der Waals surface area contributed by atoms with Crippen LogP contribution in [0.4, 0.5) is 5.69 Å². The molecule has 0 aliphatic carbocycles. The number of rotatable bonds is 5. The van der Waals surface area contributed by atoms with Gasteiger partial charge in [0.2, 0.25) is 0 Å². The number of carbonyl (C=O) groups is 1. The number of hydrogen-bond donors (Lipinski definition) is 2. The Morgan fingerprint density at radius 1 is 1.29 bits per heavy atom. The first-order valence-corrected chi connectivity index (χ1v) is 8.61. The highest BCUT2D eigenvalue weighted by Crippen LogP contribution is 2.29. The number of thiophene rings is 1. The molecule has 1 unspecified atom stereocenters. The molecule has 0 aliphatic rings. The van der Waals surface area contributed by atoms with E-state index in [2.05, 4.69) is 27.3 Å². The van der Waals surface area contributed by atoms with Crippen LogP contribution >= 0.6 is 50.5 Å². The second kappa shape index (κ2) is 7.61. The molecule has 21 heavy (non-hydrogen) atoms. The minimum Gasteiger partial charge on any atom is -0.325 e. The van der Waals surface area contributed by atoms with Crippen LogP contribution in [0.5, 0.6) is 0 Å². The molecule has 7 heteroatoms. The van der Waals surface area contributed by atoms with Crippen LogP contribution < -0.4 is 10.2 Å². The maximum atomic E-state index is 12.1. The van der Waals surface area contributed by atoms with Gasteiger partial charge in [-0.05, 0) is 40.2 Å². The van der Waals surface area contributed by atoms with Crippen molar-refractivity contribution in [2.45, 2.75) is 6.54 Å². The molecule has 0 aliphatic heterocycles. The third-order valence-electron chi connectivity index (χ3n) is 2.79. The van der Waals surface area contributed by atoms with Gasteiger partial charge in [-0.2, -0.15) is 0 Å². The number of nitrogens with one attached hydrogen (secondary N) is 2. The number of halogens is 3. The van der Waals surface area contributed by atoms with Crippen LogP contribution in [-0.4, -0.2) is 19.5 Å². The topological polar surface area (TPSA) is 33.5 Å². The maximum Gasteiger partial charge on any atom is 0.279 e. The lowest BCUT2D eigenvalue weighted by Crippen LogP contribution is -3.08. The Hall–Kier alpha value is -0.590. The Morgan fingerprint density at radius 3 is 2.52 bits per heavy atom. The van der Waals surface area contributed by atoms with Crippen LogP contribution in [0.25, 0.3) is 0 Å². The van der Waals surface area contributed by atoms with Crippen LogP contribution in [0.3, 0.4) is 0 Å². The Labute approximate surface area is 146 Å². The molecule has 0 saturated heterocycles. The molecule has 0 fully saturated rings. The summed E-state index contributed by atoms with van der Waals surface area (Å²) in [5.41, 5.74) is 0.470. The fourth-order valence-electron chi connectivity index (χ4n) is 1.88. The van der Waals surface area contributed by atoms with Gasteiger partial charge in [-0.1, -0.05) is 29.3 Å². The molecular formula is C14H14BrCl2N2OS+. The van der Waals surface area contributed by atoms with Crippen molar-refractivity contribution in [1.82, 2.24) is 0 Å². The van der Waals surface area contributed by atoms with E-state index in [-0.39, 0.29) is 5.91 Å². The molecule has 0 radical (unpaired) electrons. The van der Waals surface area contributed by atoms with Gasteiger partial charge in [0, 0.05) is 0 Å². The average molecular weight is 409 g/mol. The monoisotopic (exact) mass is 407 g/mol. The smallest absolute Gasteiger partial charge is 0.279 e. The molecule has 1 atom stereocenters. The zero-order chi connectivity index (χ0) is 15.4. The van der Waals surface area contributed by atoms with Gasteiger partial charge in [-0.25, -0.2) is 0 Å². The lowest BCUT2D eigenvalue weighted by Gasteiger charge is -2.14. The molecule has 1 heterocycles. The predicted octanol–water partition coefficient (Wildman–Crippen LogP) is 3.47. The number of amides is 1. The molecule has 1 amide bonds. The van der Waals surface area contributed by atoms with Gasteiger partial charge in [-0.15, -0.1) is 11.3 Å². The lowest BCUT2D eigenvalue weighted by atomic mass is 10.3. The first kappa shape index (κ1) is 16.8. The summed E-state index contributed by atoms with van der Waals surface area (Å²) in [6, 6.07) is 9.20. The minimum atomic E-state index is -0.113. The van der Waals surface area contributed by atoms with E-state index in [1.54, 1.807) is 29.5 Å². The van der Waals surface area contributed by atoms with Crippen molar-refractivity contribution in [2.75, 3.05) is 18.9 Å². The summed E-state index contributed by atoms with van der Waals surface area (Å²) < 4.78 is 1.10. The molecule has 2 rings (SSSR count). The van der Waals surface area contributed by atoms with Gasteiger partial charge in [0.05, 0.1) is 31.4 Å². The average Bonchev–Trinajstić information content (AvgIpc) is 2.79. The van der Waals surface area contributed by atoms with Gasteiger partial charge < -0.3 is 10.2 Å². The lowest BCUT2D eigenvalue weighted by molar-refractivity contribution is -0.884. The van der Waals surface area contributed by atoms with E-state index in [0.29, 0.717) is 22.3 Å².